The average Bonchev–Trinajstić information content (AvgIpc) is 2.56. The second-order valence-corrected chi connectivity index (χ2v) is 5.76. The number of nitrogens with one attached hydrogen (secondary N) is 2. The van der Waals surface area contributed by atoms with E-state index in [9.17, 15) is 9.59 Å². The maximum absolute atomic E-state index is 12.4. The van der Waals surface area contributed by atoms with E-state index in [1.807, 2.05) is 25.1 Å². The first-order chi connectivity index (χ1) is 11.1. The number of carbonyl (C=O) groups excluding carboxylic acids is 1. The van der Waals surface area contributed by atoms with Gasteiger partial charge in [0.15, 0.2) is 0 Å². The lowest BCUT2D eigenvalue weighted by molar-refractivity contribution is 0.0938. The molecule has 1 heterocycles. The van der Waals surface area contributed by atoms with Crippen LogP contribution in [0.15, 0.2) is 59.5 Å². The SMILES string of the molecule is C[C@H](NC(=O)c1c[nH]c2ccccc2c1=O)c1ccc(Cl)cc1. The van der Waals surface area contributed by atoms with Crippen molar-refractivity contribution in [1.29, 1.82) is 0 Å². The summed E-state index contributed by atoms with van der Waals surface area (Å²) >= 11 is 5.86. The van der Waals surface area contributed by atoms with Gasteiger partial charge in [-0.1, -0.05) is 35.9 Å². The fourth-order valence-corrected chi connectivity index (χ4v) is 2.57. The topological polar surface area (TPSA) is 62.0 Å². The Balaban J connectivity index is 1.87. The zero-order valence-electron chi connectivity index (χ0n) is 12.5. The van der Waals surface area contributed by atoms with Crippen LogP contribution in [0.25, 0.3) is 10.9 Å². The number of benzene rings is 2. The predicted molar refractivity (Wildman–Crippen MR) is 91.9 cm³/mol. The summed E-state index contributed by atoms with van der Waals surface area (Å²) < 4.78 is 0. The number of halogens is 1. The molecule has 0 fully saturated rings. The van der Waals surface area contributed by atoms with Crippen molar-refractivity contribution in [1.82, 2.24) is 10.3 Å². The van der Waals surface area contributed by atoms with Gasteiger partial charge in [-0.25, -0.2) is 0 Å². The number of rotatable bonds is 3. The highest BCUT2D eigenvalue weighted by Crippen LogP contribution is 2.16. The van der Waals surface area contributed by atoms with Crippen molar-refractivity contribution in [3.05, 3.63) is 81.1 Å². The molecule has 0 radical (unpaired) electrons. The minimum absolute atomic E-state index is 0.101. The molecule has 4 nitrogen and oxygen atoms in total. The van der Waals surface area contributed by atoms with Crippen LogP contribution < -0.4 is 10.7 Å². The van der Waals surface area contributed by atoms with Crippen molar-refractivity contribution in [2.75, 3.05) is 0 Å². The molecule has 0 spiro atoms. The van der Waals surface area contributed by atoms with E-state index in [1.165, 1.54) is 6.20 Å². The van der Waals surface area contributed by atoms with Gasteiger partial charge < -0.3 is 10.3 Å². The molecule has 2 N–H and O–H groups in total. The van der Waals surface area contributed by atoms with Crippen LogP contribution in [0.4, 0.5) is 0 Å². The number of carbonyl (C=O) groups is 1. The Kier molecular flexibility index (Phi) is 4.17. The summed E-state index contributed by atoms with van der Waals surface area (Å²) in [4.78, 5) is 27.8. The van der Waals surface area contributed by atoms with E-state index < -0.39 is 5.91 Å². The van der Waals surface area contributed by atoms with Gasteiger partial charge in [0.2, 0.25) is 5.43 Å². The molecule has 0 saturated heterocycles. The van der Waals surface area contributed by atoms with Gasteiger partial charge in [-0.3, -0.25) is 9.59 Å². The highest BCUT2D eigenvalue weighted by molar-refractivity contribution is 6.30. The number of amides is 1. The van der Waals surface area contributed by atoms with Gasteiger partial charge in [-0.2, -0.15) is 0 Å². The maximum atomic E-state index is 12.4. The van der Waals surface area contributed by atoms with Gasteiger partial charge in [0.25, 0.3) is 5.91 Å². The molecule has 0 aliphatic rings. The molecule has 0 bridgehead atoms. The highest BCUT2D eigenvalue weighted by atomic mass is 35.5. The first kappa shape index (κ1) is 15.3. The normalized spacial score (nSPS) is 12.1. The van der Waals surface area contributed by atoms with E-state index >= 15 is 0 Å². The lowest BCUT2D eigenvalue weighted by Gasteiger charge is -2.14. The minimum Gasteiger partial charge on any atom is -0.360 e. The Morgan fingerprint density at radius 2 is 1.83 bits per heavy atom. The first-order valence-electron chi connectivity index (χ1n) is 7.23. The molecular weight excluding hydrogens is 312 g/mol. The molecule has 1 atom stereocenters. The van der Waals surface area contributed by atoms with E-state index in [4.69, 9.17) is 11.6 Å². The lowest BCUT2D eigenvalue weighted by atomic mass is 10.1. The second kappa shape index (κ2) is 6.26. The summed E-state index contributed by atoms with van der Waals surface area (Å²) in [6.45, 7) is 1.86. The van der Waals surface area contributed by atoms with Crippen LogP contribution in [0.5, 0.6) is 0 Å². The van der Waals surface area contributed by atoms with Crippen molar-refractivity contribution < 1.29 is 4.79 Å². The number of hydrogen-bond donors (Lipinski definition) is 2. The Bertz CT molecular complexity index is 916. The van der Waals surface area contributed by atoms with Crippen LogP contribution in [-0.4, -0.2) is 10.9 Å². The number of para-hydroxylation sites is 1. The summed E-state index contributed by atoms with van der Waals surface area (Å²) in [5.41, 5.74) is 1.45. The molecule has 3 aromatic rings. The van der Waals surface area contributed by atoms with Gasteiger partial charge in [-0.05, 0) is 36.8 Å². The van der Waals surface area contributed by atoms with Crippen LogP contribution >= 0.6 is 11.6 Å². The molecular formula is C18H15ClN2O2. The van der Waals surface area contributed by atoms with Crippen LogP contribution in [0.3, 0.4) is 0 Å². The predicted octanol–water partition coefficient (Wildman–Crippen LogP) is 3.67. The van der Waals surface area contributed by atoms with Gasteiger partial charge in [-0.15, -0.1) is 0 Å². The van der Waals surface area contributed by atoms with Crippen molar-refractivity contribution in [2.45, 2.75) is 13.0 Å². The number of pyridine rings is 1. The molecule has 5 heteroatoms. The summed E-state index contributed by atoms with van der Waals surface area (Å²) in [5.74, 6) is -0.403. The molecule has 0 unspecified atom stereocenters. The first-order valence-corrected chi connectivity index (χ1v) is 7.61. The van der Waals surface area contributed by atoms with Crippen LogP contribution in [-0.2, 0) is 0 Å². The van der Waals surface area contributed by atoms with Crippen molar-refractivity contribution in [3.8, 4) is 0 Å². The zero-order valence-corrected chi connectivity index (χ0v) is 13.2. The summed E-state index contributed by atoms with van der Waals surface area (Å²) in [5, 5.41) is 3.97. The number of aromatic nitrogens is 1. The number of aromatic amines is 1. The molecule has 3 rings (SSSR count). The quantitative estimate of drug-likeness (QED) is 0.771. The molecule has 2 aromatic carbocycles. The monoisotopic (exact) mass is 326 g/mol. The Morgan fingerprint density at radius 3 is 2.57 bits per heavy atom. The van der Waals surface area contributed by atoms with Gasteiger partial charge >= 0.3 is 0 Å². The summed E-state index contributed by atoms with van der Waals surface area (Å²) in [6.07, 6.45) is 1.45. The number of hydrogen-bond acceptors (Lipinski definition) is 2. The maximum Gasteiger partial charge on any atom is 0.257 e. The summed E-state index contributed by atoms with van der Waals surface area (Å²) in [6, 6.07) is 14.1. The van der Waals surface area contributed by atoms with Gasteiger partial charge in [0.05, 0.1) is 6.04 Å². The summed E-state index contributed by atoms with van der Waals surface area (Å²) in [7, 11) is 0. The fourth-order valence-electron chi connectivity index (χ4n) is 2.45. The second-order valence-electron chi connectivity index (χ2n) is 5.32. The van der Waals surface area contributed by atoms with E-state index in [0.717, 1.165) is 5.56 Å². The number of fused-ring (bicyclic) bond motifs is 1. The standard InChI is InChI=1S/C18H15ClN2O2/c1-11(12-6-8-13(19)9-7-12)21-18(23)15-10-20-16-5-3-2-4-14(16)17(15)22/h2-11H,1H3,(H,20,22)(H,21,23)/t11-/m0/s1. The molecule has 0 aliphatic carbocycles. The average molecular weight is 327 g/mol. The third-order valence-corrected chi connectivity index (χ3v) is 4.00. The van der Waals surface area contributed by atoms with Gasteiger partial charge in [0.1, 0.15) is 5.56 Å². The van der Waals surface area contributed by atoms with E-state index in [0.29, 0.717) is 15.9 Å². The Labute approximate surface area is 138 Å². The Hall–Kier alpha value is -2.59. The van der Waals surface area contributed by atoms with E-state index in [1.54, 1.807) is 30.3 Å². The van der Waals surface area contributed by atoms with Crippen molar-refractivity contribution in [3.63, 3.8) is 0 Å². The molecule has 0 saturated carbocycles. The molecule has 0 aliphatic heterocycles. The lowest BCUT2D eigenvalue weighted by Crippen LogP contribution is -2.31. The van der Waals surface area contributed by atoms with Gasteiger partial charge in [0, 0.05) is 22.1 Å². The number of H-pyrrole nitrogens is 1. The van der Waals surface area contributed by atoms with E-state index in [-0.39, 0.29) is 17.0 Å². The van der Waals surface area contributed by atoms with Crippen molar-refractivity contribution in [2.24, 2.45) is 0 Å². The molecule has 23 heavy (non-hydrogen) atoms. The Morgan fingerprint density at radius 1 is 1.13 bits per heavy atom. The van der Waals surface area contributed by atoms with Crippen LogP contribution in [0, 0.1) is 0 Å². The third-order valence-electron chi connectivity index (χ3n) is 3.75. The zero-order chi connectivity index (χ0) is 16.4. The third kappa shape index (κ3) is 3.12. The van der Waals surface area contributed by atoms with Crippen LogP contribution in [0.1, 0.15) is 28.9 Å². The van der Waals surface area contributed by atoms with Crippen LogP contribution in [0.2, 0.25) is 5.02 Å². The minimum atomic E-state index is -0.403. The molecule has 1 amide bonds. The largest absolute Gasteiger partial charge is 0.360 e. The van der Waals surface area contributed by atoms with Crippen molar-refractivity contribution >= 4 is 28.4 Å². The van der Waals surface area contributed by atoms with E-state index in [2.05, 4.69) is 10.3 Å². The smallest absolute Gasteiger partial charge is 0.257 e. The molecule has 116 valence electrons. The molecule has 1 aromatic heterocycles. The highest BCUT2D eigenvalue weighted by Gasteiger charge is 2.15. The fraction of sp³-hybridized carbons (Fsp3) is 0.111.